The number of amides is 1. The van der Waals surface area contributed by atoms with Crippen molar-refractivity contribution < 1.29 is 14.3 Å². The smallest absolute Gasteiger partial charge is 0.251 e. The lowest BCUT2D eigenvalue weighted by Gasteiger charge is -2.13. The van der Waals surface area contributed by atoms with Gasteiger partial charge in [-0.15, -0.1) is 0 Å². The van der Waals surface area contributed by atoms with Crippen molar-refractivity contribution in [2.75, 3.05) is 20.8 Å². The number of benzene rings is 2. The van der Waals surface area contributed by atoms with Crippen molar-refractivity contribution >= 4 is 5.91 Å². The summed E-state index contributed by atoms with van der Waals surface area (Å²) in [4.78, 5) is 11.6. The highest BCUT2D eigenvalue weighted by atomic mass is 16.5. The topological polar surface area (TPSA) is 59.6 Å². The Balaban J connectivity index is 1.87. The Morgan fingerprint density at radius 1 is 1.00 bits per heavy atom. The van der Waals surface area contributed by atoms with E-state index in [1.54, 1.807) is 14.2 Å². The molecule has 2 aromatic carbocycles. The maximum Gasteiger partial charge on any atom is 0.251 e. The zero-order chi connectivity index (χ0) is 19.6. The zero-order valence-corrected chi connectivity index (χ0v) is 16.7. The summed E-state index contributed by atoms with van der Waals surface area (Å²) in [6.45, 7) is 6.50. The predicted octanol–water partition coefficient (Wildman–Crippen LogP) is 3.77. The van der Waals surface area contributed by atoms with E-state index in [9.17, 15) is 4.79 Å². The van der Waals surface area contributed by atoms with Gasteiger partial charge in [0.2, 0.25) is 0 Å². The summed E-state index contributed by atoms with van der Waals surface area (Å²) in [5.74, 6) is 2.09. The van der Waals surface area contributed by atoms with Crippen LogP contribution in [0.15, 0.2) is 42.5 Å². The molecule has 27 heavy (non-hydrogen) atoms. The van der Waals surface area contributed by atoms with Gasteiger partial charge in [0, 0.05) is 25.7 Å². The Bertz CT molecular complexity index is 727. The van der Waals surface area contributed by atoms with Gasteiger partial charge in [0.05, 0.1) is 13.7 Å². The monoisotopic (exact) mass is 370 g/mol. The molecule has 0 aliphatic carbocycles. The van der Waals surface area contributed by atoms with Gasteiger partial charge in [0.1, 0.15) is 0 Å². The van der Waals surface area contributed by atoms with Crippen molar-refractivity contribution in [1.82, 2.24) is 10.6 Å². The second-order valence-electron chi connectivity index (χ2n) is 6.90. The van der Waals surface area contributed by atoms with E-state index in [-0.39, 0.29) is 5.91 Å². The fraction of sp³-hybridized carbons (Fsp3) is 0.409. The summed E-state index contributed by atoms with van der Waals surface area (Å²) < 4.78 is 11.3. The zero-order valence-electron chi connectivity index (χ0n) is 16.7. The van der Waals surface area contributed by atoms with Crippen LogP contribution in [-0.2, 0) is 13.1 Å². The van der Waals surface area contributed by atoms with Gasteiger partial charge in [-0.2, -0.15) is 0 Å². The molecule has 0 bridgehead atoms. The van der Waals surface area contributed by atoms with Gasteiger partial charge in [-0.05, 0) is 47.7 Å². The average molecular weight is 370 g/mol. The van der Waals surface area contributed by atoms with Crippen LogP contribution in [0, 0.1) is 5.92 Å². The summed E-state index contributed by atoms with van der Waals surface area (Å²) in [7, 11) is 3.29. The maximum atomic E-state index is 11.6. The number of ether oxygens (including phenoxy) is 2. The molecule has 0 heterocycles. The molecule has 146 valence electrons. The molecule has 5 nitrogen and oxygen atoms in total. The summed E-state index contributed by atoms with van der Waals surface area (Å²) in [6, 6.07) is 13.6. The molecule has 5 heteroatoms. The van der Waals surface area contributed by atoms with E-state index < -0.39 is 0 Å². The number of hydrogen-bond acceptors (Lipinski definition) is 4. The molecular weight excluding hydrogens is 340 g/mol. The van der Waals surface area contributed by atoms with Crippen molar-refractivity contribution in [3.05, 3.63) is 59.2 Å². The van der Waals surface area contributed by atoms with Crippen LogP contribution in [0.25, 0.3) is 0 Å². The van der Waals surface area contributed by atoms with E-state index in [1.807, 2.05) is 36.4 Å². The molecule has 0 atom stereocenters. The lowest BCUT2D eigenvalue weighted by Crippen LogP contribution is -2.18. The second kappa shape index (κ2) is 10.6. The molecule has 1 amide bonds. The van der Waals surface area contributed by atoms with Crippen LogP contribution in [0.3, 0.4) is 0 Å². The Hall–Kier alpha value is -2.53. The fourth-order valence-corrected chi connectivity index (χ4v) is 2.62. The summed E-state index contributed by atoms with van der Waals surface area (Å²) >= 11 is 0. The molecule has 0 aliphatic rings. The number of carbonyl (C=O) groups is 1. The normalized spacial score (nSPS) is 10.7. The Morgan fingerprint density at radius 3 is 2.30 bits per heavy atom. The third kappa shape index (κ3) is 6.61. The number of rotatable bonds is 10. The summed E-state index contributed by atoms with van der Waals surface area (Å²) in [5.41, 5.74) is 2.92. The number of hydrogen-bond donors (Lipinski definition) is 2. The molecule has 2 rings (SSSR count). The van der Waals surface area contributed by atoms with Gasteiger partial charge >= 0.3 is 0 Å². The largest absolute Gasteiger partial charge is 0.493 e. The van der Waals surface area contributed by atoms with E-state index in [0.717, 1.165) is 42.1 Å². The van der Waals surface area contributed by atoms with E-state index >= 15 is 0 Å². The average Bonchev–Trinajstić information content (AvgIpc) is 2.68. The first-order chi connectivity index (χ1) is 13.0. The minimum absolute atomic E-state index is 0.0719. The molecule has 0 saturated heterocycles. The maximum absolute atomic E-state index is 11.6. The van der Waals surface area contributed by atoms with Crippen molar-refractivity contribution in [2.45, 2.75) is 33.4 Å². The molecule has 0 aromatic heterocycles. The fourth-order valence-electron chi connectivity index (χ4n) is 2.62. The third-order valence-corrected chi connectivity index (χ3v) is 4.28. The first-order valence-electron chi connectivity index (χ1n) is 9.35. The molecule has 0 radical (unpaired) electrons. The lowest BCUT2D eigenvalue weighted by atomic mass is 10.1. The first-order valence-corrected chi connectivity index (χ1v) is 9.35. The van der Waals surface area contributed by atoms with Crippen LogP contribution in [0.4, 0.5) is 0 Å². The van der Waals surface area contributed by atoms with Gasteiger partial charge in [-0.25, -0.2) is 0 Å². The second-order valence-corrected chi connectivity index (χ2v) is 6.90. The summed E-state index contributed by atoms with van der Waals surface area (Å²) in [6.07, 6.45) is 1.02. The highest BCUT2D eigenvalue weighted by Gasteiger charge is 2.07. The van der Waals surface area contributed by atoms with Gasteiger partial charge in [-0.3, -0.25) is 4.79 Å². The van der Waals surface area contributed by atoms with Gasteiger partial charge in [0.15, 0.2) is 11.5 Å². The Morgan fingerprint density at radius 2 is 1.67 bits per heavy atom. The number of methoxy groups -OCH3 is 1. The van der Waals surface area contributed by atoms with E-state index in [0.29, 0.717) is 18.1 Å². The summed E-state index contributed by atoms with van der Waals surface area (Å²) in [5, 5.41) is 6.03. The van der Waals surface area contributed by atoms with Crippen LogP contribution >= 0.6 is 0 Å². The van der Waals surface area contributed by atoms with Gasteiger partial charge < -0.3 is 20.1 Å². The molecular formula is C22H30N2O3. The van der Waals surface area contributed by atoms with Gasteiger partial charge in [0.25, 0.3) is 5.91 Å². The highest BCUT2D eigenvalue weighted by molar-refractivity contribution is 5.93. The van der Waals surface area contributed by atoms with Crippen LogP contribution < -0.4 is 20.1 Å². The van der Waals surface area contributed by atoms with E-state index in [1.165, 1.54) is 0 Å². The lowest BCUT2D eigenvalue weighted by molar-refractivity contribution is 0.0963. The number of carbonyl (C=O) groups excluding carboxylic acids is 1. The molecule has 0 fully saturated rings. The van der Waals surface area contributed by atoms with Crippen LogP contribution in [0.1, 0.15) is 41.8 Å². The molecule has 2 aromatic rings. The SMILES string of the molecule is CNC(=O)c1ccc(CNCc2ccc(OCCC(C)C)c(OC)c2)cc1. The van der Waals surface area contributed by atoms with Crippen LogP contribution in [0.2, 0.25) is 0 Å². The minimum atomic E-state index is -0.0719. The van der Waals surface area contributed by atoms with Crippen LogP contribution in [0.5, 0.6) is 11.5 Å². The Kier molecular flexibility index (Phi) is 8.14. The number of nitrogens with one attached hydrogen (secondary N) is 2. The first kappa shape index (κ1) is 20.8. The van der Waals surface area contributed by atoms with E-state index in [2.05, 4.69) is 30.5 Å². The quantitative estimate of drug-likeness (QED) is 0.668. The minimum Gasteiger partial charge on any atom is -0.493 e. The van der Waals surface area contributed by atoms with Crippen molar-refractivity contribution in [3.63, 3.8) is 0 Å². The molecule has 0 unspecified atom stereocenters. The third-order valence-electron chi connectivity index (χ3n) is 4.28. The van der Waals surface area contributed by atoms with Crippen LogP contribution in [-0.4, -0.2) is 26.7 Å². The predicted molar refractivity (Wildman–Crippen MR) is 108 cm³/mol. The standard InChI is InChI=1S/C22H30N2O3/c1-16(2)11-12-27-20-10-7-18(13-21(20)26-4)15-24-14-17-5-8-19(9-6-17)22(25)23-3/h5-10,13,16,24H,11-12,14-15H2,1-4H3,(H,23,25). The van der Waals surface area contributed by atoms with Crippen molar-refractivity contribution in [1.29, 1.82) is 0 Å². The highest BCUT2D eigenvalue weighted by Crippen LogP contribution is 2.28. The van der Waals surface area contributed by atoms with Crippen molar-refractivity contribution in [3.8, 4) is 11.5 Å². The van der Waals surface area contributed by atoms with E-state index in [4.69, 9.17) is 9.47 Å². The van der Waals surface area contributed by atoms with Gasteiger partial charge in [-0.1, -0.05) is 32.0 Å². The molecule has 2 N–H and O–H groups in total. The molecule has 0 saturated carbocycles. The molecule has 0 aliphatic heterocycles. The Labute approximate surface area is 162 Å². The molecule has 0 spiro atoms. The van der Waals surface area contributed by atoms with Crippen molar-refractivity contribution in [2.24, 2.45) is 5.92 Å².